The second-order valence-electron chi connectivity index (χ2n) is 2.76. The Bertz CT molecular complexity index is 327. The van der Waals surface area contributed by atoms with Crippen LogP contribution in [0.25, 0.3) is 0 Å². The van der Waals surface area contributed by atoms with Crippen molar-refractivity contribution in [1.29, 1.82) is 0 Å². The molecule has 1 rings (SSSR count). The van der Waals surface area contributed by atoms with Crippen LogP contribution in [-0.4, -0.2) is 8.80 Å². The minimum Gasteiger partial charge on any atom is -0.123 e. The summed E-state index contributed by atoms with van der Waals surface area (Å²) in [5.41, 5.74) is 3.26. The van der Waals surface area contributed by atoms with Crippen LogP contribution in [0.2, 0.25) is 6.55 Å². The van der Waals surface area contributed by atoms with Gasteiger partial charge in [-0.15, -0.1) is 5.54 Å². The first kappa shape index (κ1) is 9.82. The Morgan fingerprint density at radius 2 is 1.92 bits per heavy atom. The molecule has 1 aromatic carbocycles. The standard InChI is InChI=1S/C12H13Si/c1-3-4-8-11-13(2)12-9-6-5-7-10-12/h3-7,9-10H,1-2H3. The average molecular weight is 185 g/mol. The van der Waals surface area contributed by atoms with E-state index < -0.39 is 8.80 Å². The van der Waals surface area contributed by atoms with Gasteiger partial charge < -0.3 is 0 Å². The van der Waals surface area contributed by atoms with Crippen LogP contribution in [0, 0.1) is 11.5 Å². The lowest BCUT2D eigenvalue weighted by Crippen LogP contribution is -2.24. The molecule has 1 radical (unpaired) electrons. The average Bonchev–Trinajstić information content (AvgIpc) is 2.19. The SMILES string of the molecule is CC=CC#C[Si](C)c1ccccc1. The first-order valence-corrected chi connectivity index (χ1v) is 6.36. The largest absolute Gasteiger partial charge is 0.176 e. The van der Waals surface area contributed by atoms with Gasteiger partial charge >= 0.3 is 0 Å². The fourth-order valence-electron chi connectivity index (χ4n) is 0.994. The van der Waals surface area contributed by atoms with Crippen molar-refractivity contribution in [2.75, 3.05) is 0 Å². The molecule has 0 aromatic heterocycles. The van der Waals surface area contributed by atoms with Crippen LogP contribution in [0.15, 0.2) is 42.5 Å². The van der Waals surface area contributed by atoms with Crippen molar-refractivity contribution in [2.45, 2.75) is 13.5 Å². The second kappa shape index (κ2) is 5.39. The molecule has 0 unspecified atom stereocenters. The molecule has 1 aromatic rings. The highest BCUT2D eigenvalue weighted by Gasteiger charge is 2.01. The third-order valence-electron chi connectivity index (χ3n) is 1.72. The molecule has 0 saturated heterocycles. The predicted octanol–water partition coefficient (Wildman–Crippen LogP) is 2.14. The van der Waals surface area contributed by atoms with Gasteiger partial charge in [0, 0.05) is 0 Å². The van der Waals surface area contributed by atoms with E-state index >= 15 is 0 Å². The zero-order valence-corrected chi connectivity index (χ0v) is 9.04. The lowest BCUT2D eigenvalue weighted by Gasteiger charge is -1.99. The summed E-state index contributed by atoms with van der Waals surface area (Å²) in [5, 5.41) is 1.38. The van der Waals surface area contributed by atoms with E-state index in [1.54, 1.807) is 0 Å². The van der Waals surface area contributed by atoms with E-state index in [4.69, 9.17) is 0 Å². The van der Waals surface area contributed by atoms with Crippen LogP contribution in [-0.2, 0) is 0 Å². The topological polar surface area (TPSA) is 0 Å². The molecule has 13 heavy (non-hydrogen) atoms. The lowest BCUT2D eigenvalue weighted by atomic mass is 10.4. The molecule has 0 aliphatic rings. The van der Waals surface area contributed by atoms with Gasteiger partial charge in [0.05, 0.1) is 0 Å². The van der Waals surface area contributed by atoms with Gasteiger partial charge in [0.15, 0.2) is 8.80 Å². The van der Waals surface area contributed by atoms with Crippen molar-refractivity contribution in [2.24, 2.45) is 0 Å². The summed E-state index contributed by atoms with van der Waals surface area (Å²) in [6.45, 7) is 4.20. The zero-order valence-electron chi connectivity index (χ0n) is 8.04. The van der Waals surface area contributed by atoms with Gasteiger partial charge in [-0.05, 0) is 18.2 Å². The maximum Gasteiger partial charge on any atom is 0.176 e. The molecule has 0 bridgehead atoms. The fourth-order valence-corrected chi connectivity index (χ4v) is 2.13. The van der Waals surface area contributed by atoms with Crippen molar-refractivity contribution in [3.8, 4) is 11.5 Å². The summed E-state index contributed by atoms with van der Waals surface area (Å²) >= 11 is 0. The monoisotopic (exact) mass is 185 g/mol. The summed E-state index contributed by atoms with van der Waals surface area (Å²) in [6, 6.07) is 10.5. The minimum absolute atomic E-state index is 0.652. The zero-order chi connectivity index (χ0) is 9.52. The highest BCUT2D eigenvalue weighted by atomic mass is 28.3. The van der Waals surface area contributed by atoms with Crippen LogP contribution in [0.3, 0.4) is 0 Å². The molecule has 0 aliphatic heterocycles. The smallest absolute Gasteiger partial charge is 0.123 e. The predicted molar refractivity (Wildman–Crippen MR) is 60.3 cm³/mol. The summed E-state index contributed by atoms with van der Waals surface area (Å²) in [5.74, 6) is 3.05. The molecule has 1 heteroatoms. The van der Waals surface area contributed by atoms with E-state index in [9.17, 15) is 0 Å². The maximum absolute atomic E-state index is 3.26. The third kappa shape index (κ3) is 3.31. The summed E-state index contributed by atoms with van der Waals surface area (Å²) in [6.07, 6.45) is 3.87. The Morgan fingerprint density at radius 1 is 1.23 bits per heavy atom. The Labute approximate surface area is 81.9 Å². The van der Waals surface area contributed by atoms with Crippen molar-refractivity contribution in [1.82, 2.24) is 0 Å². The molecule has 0 atom stereocenters. The lowest BCUT2D eigenvalue weighted by molar-refractivity contribution is 1.75. The number of hydrogen-bond donors (Lipinski definition) is 0. The van der Waals surface area contributed by atoms with Gasteiger partial charge in [0.2, 0.25) is 0 Å². The number of allylic oxidation sites excluding steroid dienone is 2. The van der Waals surface area contributed by atoms with Gasteiger partial charge in [-0.3, -0.25) is 0 Å². The Morgan fingerprint density at radius 3 is 2.54 bits per heavy atom. The van der Waals surface area contributed by atoms with Gasteiger partial charge in [-0.25, -0.2) is 0 Å². The van der Waals surface area contributed by atoms with E-state index in [2.05, 4.69) is 42.3 Å². The Hall–Kier alpha value is -1.26. The van der Waals surface area contributed by atoms with Crippen LogP contribution in [0.5, 0.6) is 0 Å². The summed E-state index contributed by atoms with van der Waals surface area (Å²) in [7, 11) is -0.652. The van der Waals surface area contributed by atoms with Gasteiger partial charge in [-0.2, -0.15) is 0 Å². The van der Waals surface area contributed by atoms with E-state index in [-0.39, 0.29) is 0 Å². The Kier molecular flexibility index (Phi) is 4.08. The van der Waals surface area contributed by atoms with Crippen molar-refractivity contribution in [3.05, 3.63) is 42.5 Å². The molecule has 0 amide bonds. The number of hydrogen-bond acceptors (Lipinski definition) is 0. The van der Waals surface area contributed by atoms with Crippen molar-refractivity contribution < 1.29 is 0 Å². The van der Waals surface area contributed by atoms with Crippen LogP contribution in [0.4, 0.5) is 0 Å². The van der Waals surface area contributed by atoms with Gasteiger partial charge in [-0.1, -0.05) is 48.9 Å². The van der Waals surface area contributed by atoms with E-state index in [1.165, 1.54) is 5.19 Å². The first-order valence-electron chi connectivity index (χ1n) is 4.36. The Balaban J connectivity index is 2.71. The van der Waals surface area contributed by atoms with Gasteiger partial charge in [0.1, 0.15) is 0 Å². The number of benzene rings is 1. The molecule has 0 fully saturated rings. The highest BCUT2D eigenvalue weighted by Crippen LogP contribution is 1.86. The maximum atomic E-state index is 3.26. The molecule has 0 heterocycles. The molecular formula is C12H13Si. The summed E-state index contributed by atoms with van der Waals surface area (Å²) < 4.78 is 0. The van der Waals surface area contributed by atoms with Crippen molar-refractivity contribution in [3.63, 3.8) is 0 Å². The van der Waals surface area contributed by atoms with E-state index in [0.29, 0.717) is 0 Å². The summed E-state index contributed by atoms with van der Waals surface area (Å²) in [4.78, 5) is 0. The van der Waals surface area contributed by atoms with E-state index in [0.717, 1.165) is 0 Å². The molecule has 65 valence electrons. The van der Waals surface area contributed by atoms with Crippen LogP contribution < -0.4 is 5.19 Å². The minimum atomic E-state index is -0.652. The normalized spacial score (nSPS) is 10.1. The number of rotatable bonds is 1. The first-order chi connectivity index (χ1) is 6.34. The molecular weight excluding hydrogens is 172 g/mol. The van der Waals surface area contributed by atoms with E-state index in [1.807, 2.05) is 25.1 Å². The highest BCUT2D eigenvalue weighted by molar-refractivity contribution is 6.79. The molecule has 0 aliphatic carbocycles. The fraction of sp³-hybridized carbons (Fsp3) is 0.167. The molecule has 0 saturated carbocycles. The third-order valence-corrected chi connectivity index (χ3v) is 3.44. The van der Waals surface area contributed by atoms with Crippen LogP contribution in [0.1, 0.15) is 6.92 Å². The van der Waals surface area contributed by atoms with Crippen LogP contribution >= 0.6 is 0 Å². The quantitative estimate of drug-likeness (QED) is 0.464. The molecule has 0 nitrogen and oxygen atoms in total. The van der Waals surface area contributed by atoms with Gasteiger partial charge in [0.25, 0.3) is 0 Å². The second-order valence-corrected chi connectivity index (χ2v) is 4.84. The molecule has 0 N–H and O–H groups in total. The van der Waals surface area contributed by atoms with Crippen molar-refractivity contribution >= 4 is 14.0 Å². The molecule has 0 spiro atoms.